The average Bonchev–Trinajstić information content (AvgIpc) is 2.53. The van der Waals surface area contributed by atoms with E-state index in [4.69, 9.17) is 0 Å². The highest BCUT2D eigenvalue weighted by Crippen LogP contribution is 2.17. The first-order valence-electron chi connectivity index (χ1n) is 8.50. The fraction of sp³-hybridized carbons (Fsp3) is 0.556. The predicted octanol–water partition coefficient (Wildman–Crippen LogP) is 4.10. The Labute approximate surface area is 138 Å². The van der Waals surface area contributed by atoms with Gasteiger partial charge in [0.05, 0.1) is 6.54 Å². The quantitative estimate of drug-likeness (QED) is 0.708. The number of aliphatic imine (C=N–C) groups is 1. The fourth-order valence-electron chi connectivity index (χ4n) is 2.72. The van der Waals surface area contributed by atoms with Crippen molar-refractivity contribution in [2.75, 3.05) is 13.1 Å². The first kappa shape index (κ1) is 17.3. The van der Waals surface area contributed by atoms with Crippen LogP contribution in [0.4, 0.5) is 0 Å². The molecule has 0 bridgehead atoms. The summed E-state index contributed by atoms with van der Waals surface area (Å²) in [5.74, 6) is 0.257. The van der Waals surface area contributed by atoms with Gasteiger partial charge in [-0.25, -0.2) is 4.98 Å². The molecule has 0 unspecified atom stereocenters. The maximum absolute atomic E-state index is 9.80. The predicted molar refractivity (Wildman–Crippen MR) is 92.7 cm³/mol. The highest BCUT2D eigenvalue weighted by molar-refractivity contribution is 5.98. The topological polar surface area (TPSA) is 69.0 Å². The summed E-state index contributed by atoms with van der Waals surface area (Å²) in [4.78, 5) is 10.6. The number of pyridine rings is 1. The molecule has 1 aliphatic heterocycles. The monoisotopic (exact) mass is 317 g/mol. The Kier molecular flexibility index (Phi) is 6.44. The van der Waals surface area contributed by atoms with Crippen molar-refractivity contribution < 1.29 is 10.2 Å². The van der Waals surface area contributed by atoms with Crippen LogP contribution in [0.3, 0.4) is 0 Å². The molecule has 0 saturated heterocycles. The molecular formula is C18H27N3O2. The molecule has 5 nitrogen and oxygen atoms in total. The molecule has 23 heavy (non-hydrogen) atoms. The Morgan fingerprint density at radius 1 is 1.09 bits per heavy atom. The minimum absolute atomic E-state index is 0.0765. The van der Waals surface area contributed by atoms with Gasteiger partial charge < -0.3 is 15.1 Å². The molecule has 2 rings (SSSR count). The zero-order valence-electron chi connectivity index (χ0n) is 14.1. The highest BCUT2D eigenvalue weighted by Gasteiger charge is 2.23. The average molecular weight is 317 g/mol. The van der Waals surface area contributed by atoms with Gasteiger partial charge in [0.1, 0.15) is 5.69 Å². The third-order valence-corrected chi connectivity index (χ3v) is 4.01. The van der Waals surface area contributed by atoms with E-state index in [1.54, 1.807) is 0 Å². The van der Waals surface area contributed by atoms with Gasteiger partial charge >= 0.3 is 0 Å². The summed E-state index contributed by atoms with van der Waals surface area (Å²) in [7, 11) is 0. The van der Waals surface area contributed by atoms with Crippen LogP contribution < -0.4 is 0 Å². The van der Waals surface area contributed by atoms with Crippen LogP contribution in [0.1, 0.15) is 56.8 Å². The van der Waals surface area contributed by atoms with Crippen LogP contribution in [0.2, 0.25) is 0 Å². The van der Waals surface area contributed by atoms with Crippen LogP contribution >= 0.6 is 0 Å². The number of rotatable bonds is 8. The maximum atomic E-state index is 9.80. The standard InChI is InChI=1S/C18H27N3O2/c1-3-4-5-6-7-8-12-21-13-16(22)18(23)20-17(21)15-11-9-10-14(2)19-15/h9-11,22-23H,3-8,12-13H2,1-2H3. The number of aliphatic hydroxyl groups is 2. The van der Waals surface area contributed by atoms with Gasteiger partial charge in [-0.1, -0.05) is 45.1 Å². The molecule has 0 saturated carbocycles. The third kappa shape index (κ3) is 4.98. The third-order valence-electron chi connectivity index (χ3n) is 4.01. The van der Waals surface area contributed by atoms with Gasteiger partial charge in [0, 0.05) is 12.2 Å². The van der Waals surface area contributed by atoms with Crippen LogP contribution in [0.5, 0.6) is 0 Å². The molecule has 0 fully saturated rings. The molecule has 0 aliphatic carbocycles. The molecule has 1 aromatic heterocycles. The van der Waals surface area contributed by atoms with Crippen molar-refractivity contribution in [3.63, 3.8) is 0 Å². The summed E-state index contributed by atoms with van der Waals surface area (Å²) in [6.07, 6.45) is 7.28. The Balaban J connectivity index is 2.01. The van der Waals surface area contributed by atoms with Gasteiger partial charge in [0.25, 0.3) is 5.88 Å². The first-order valence-corrected chi connectivity index (χ1v) is 8.50. The molecule has 0 atom stereocenters. The summed E-state index contributed by atoms with van der Waals surface area (Å²) in [5.41, 5.74) is 1.64. The highest BCUT2D eigenvalue weighted by atomic mass is 16.3. The molecule has 1 aliphatic rings. The molecule has 2 N–H and O–H groups in total. The zero-order chi connectivity index (χ0) is 16.7. The molecule has 0 radical (unpaired) electrons. The lowest BCUT2D eigenvalue weighted by atomic mass is 10.1. The Bertz CT molecular complexity index is 581. The van der Waals surface area contributed by atoms with E-state index in [0.717, 1.165) is 24.4 Å². The van der Waals surface area contributed by atoms with Gasteiger partial charge in [0.15, 0.2) is 11.6 Å². The summed E-state index contributed by atoms with van der Waals surface area (Å²) >= 11 is 0. The van der Waals surface area contributed by atoms with Gasteiger partial charge in [-0.3, -0.25) is 0 Å². The van der Waals surface area contributed by atoms with E-state index >= 15 is 0 Å². The number of aryl methyl sites for hydroxylation is 1. The number of unbranched alkanes of at least 4 members (excludes halogenated alkanes) is 5. The lowest BCUT2D eigenvalue weighted by Crippen LogP contribution is -2.38. The normalized spacial score (nSPS) is 15.0. The minimum atomic E-state index is -0.303. The van der Waals surface area contributed by atoms with Crippen molar-refractivity contribution in [3.8, 4) is 0 Å². The summed E-state index contributed by atoms with van der Waals surface area (Å²) in [5, 5.41) is 19.6. The molecular weight excluding hydrogens is 290 g/mol. The van der Waals surface area contributed by atoms with Gasteiger partial charge in [-0.15, -0.1) is 0 Å². The second kappa shape index (κ2) is 8.56. The Morgan fingerprint density at radius 3 is 2.57 bits per heavy atom. The van der Waals surface area contributed by atoms with E-state index in [1.165, 1.54) is 32.1 Å². The lowest BCUT2D eigenvalue weighted by Gasteiger charge is -2.28. The van der Waals surface area contributed by atoms with Crippen molar-refractivity contribution in [2.45, 2.75) is 52.4 Å². The zero-order valence-corrected chi connectivity index (χ0v) is 14.1. The van der Waals surface area contributed by atoms with Crippen molar-refractivity contribution >= 4 is 5.84 Å². The largest absolute Gasteiger partial charge is 0.506 e. The van der Waals surface area contributed by atoms with Crippen LogP contribution in [0.25, 0.3) is 0 Å². The number of nitrogens with zero attached hydrogens (tertiary/aromatic N) is 3. The number of amidine groups is 1. The van der Waals surface area contributed by atoms with E-state index in [2.05, 4.69) is 16.9 Å². The molecule has 0 spiro atoms. The van der Waals surface area contributed by atoms with E-state index in [9.17, 15) is 10.2 Å². The smallest absolute Gasteiger partial charge is 0.253 e. The number of aliphatic hydroxyl groups excluding tert-OH is 2. The van der Waals surface area contributed by atoms with Gasteiger partial charge in [-0.2, -0.15) is 4.99 Å². The van der Waals surface area contributed by atoms with Crippen molar-refractivity contribution in [3.05, 3.63) is 41.2 Å². The number of hydrogen-bond donors (Lipinski definition) is 2. The minimum Gasteiger partial charge on any atom is -0.506 e. The fourth-order valence-corrected chi connectivity index (χ4v) is 2.72. The Morgan fingerprint density at radius 2 is 1.83 bits per heavy atom. The second-order valence-electron chi connectivity index (χ2n) is 6.06. The van der Waals surface area contributed by atoms with E-state index < -0.39 is 0 Å². The van der Waals surface area contributed by atoms with Crippen molar-refractivity contribution in [2.24, 2.45) is 4.99 Å². The molecule has 0 amide bonds. The Hall–Kier alpha value is -2.04. The molecule has 2 heterocycles. The SMILES string of the molecule is CCCCCCCCN1CC(O)=C(O)N=C1c1cccc(C)n1. The van der Waals surface area contributed by atoms with Gasteiger partial charge in [-0.05, 0) is 25.5 Å². The lowest BCUT2D eigenvalue weighted by molar-refractivity contribution is 0.265. The van der Waals surface area contributed by atoms with Gasteiger partial charge in [0.2, 0.25) is 0 Å². The summed E-state index contributed by atoms with van der Waals surface area (Å²) < 4.78 is 0. The van der Waals surface area contributed by atoms with Crippen LogP contribution in [-0.2, 0) is 0 Å². The first-order chi connectivity index (χ1) is 11.1. The summed E-state index contributed by atoms with van der Waals surface area (Å²) in [6.45, 7) is 5.23. The van der Waals surface area contributed by atoms with E-state index in [0.29, 0.717) is 5.84 Å². The van der Waals surface area contributed by atoms with E-state index in [-0.39, 0.29) is 18.2 Å². The molecule has 126 valence electrons. The molecule has 0 aromatic carbocycles. The van der Waals surface area contributed by atoms with Crippen molar-refractivity contribution in [1.29, 1.82) is 0 Å². The molecule has 1 aromatic rings. The number of hydrogen-bond acceptors (Lipinski definition) is 5. The van der Waals surface area contributed by atoms with Crippen molar-refractivity contribution in [1.82, 2.24) is 9.88 Å². The van der Waals surface area contributed by atoms with Crippen LogP contribution in [-0.4, -0.2) is 39.0 Å². The van der Waals surface area contributed by atoms with Crippen LogP contribution in [0.15, 0.2) is 34.8 Å². The second-order valence-corrected chi connectivity index (χ2v) is 6.06. The number of aromatic nitrogens is 1. The van der Waals surface area contributed by atoms with E-state index in [1.807, 2.05) is 30.0 Å². The maximum Gasteiger partial charge on any atom is 0.253 e. The summed E-state index contributed by atoms with van der Waals surface area (Å²) in [6, 6.07) is 5.74. The van der Waals surface area contributed by atoms with Crippen LogP contribution in [0, 0.1) is 6.92 Å². The molecule has 5 heteroatoms.